The summed E-state index contributed by atoms with van der Waals surface area (Å²) < 4.78 is 1.33. The van der Waals surface area contributed by atoms with Crippen LogP contribution in [0.1, 0.15) is 5.69 Å². The predicted molar refractivity (Wildman–Crippen MR) is 61.9 cm³/mol. The minimum atomic E-state index is -0.296. The van der Waals surface area contributed by atoms with Gasteiger partial charge in [0.15, 0.2) is 0 Å². The lowest BCUT2D eigenvalue weighted by Crippen LogP contribution is -2.33. The highest BCUT2D eigenvalue weighted by Crippen LogP contribution is 1.97. The highest BCUT2D eigenvalue weighted by atomic mass is 16.3. The number of hydrogen-bond donors (Lipinski definition) is 3. The number of aromatic nitrogens is 4. The summed E-state index contributed by atoms with van der Waals surface area (Å²) in [4.78, 5) is 15.5. The van der Waals surface area contributed by atoms with E-state index in [0.29, 0.717) is 11.5 Å². The molecule has 0 saturated carbocycles. The number of aliphatic hydroxyl groups is 1. The van der Waals surface area contributed by atoms with E-state index in [0.717, 1.165) is 0 Å². The number of nitrogens with zero attached hydrogens (tertiary/aromatic N) is 4. The number of hydrazine groups is 1. The fraction of sp³-hybridized carbons (Fsp3) is 0.200. The Hall–Kier alpha value is -2.48. The van der Waals surface area contributed by atoms with Crippen molar-refractivity contribution in [2.75, 3.05) is 5.43 Å². The number of carbonyl (C=O) groups is 1. The number of anilines is 1. The fourth-order valence-corrected chi connectivity index (χ4v) is 1.25. The first kappa shape index (κ1) is 12.0. The number of hydrogen-bond acceptors (Lipinski definition) is 6. The highest BCUT2D eigenvalue weighted by Gasteiger charge is 2.05. The quantitative estimate of drug-likeness (QED) is 0.605. The monoisotopic (exact) mass is 248 g/mol. The van der Waals surface area contributed by atoms with Gasteiger partial charge in [-0.3, -0.25) is 15.6 Å². The molecule has 0 saturated heterocycles. The molecule has 0 fully saturated rings. The zero-order valence-corrected chi connectivity index (χ0v) is 9.45. The van der Waals surface area contributed by atoms with Crippen LogP contribution in [0.2, 0.25) is 0 Å². The molecule has 0 aliphatic rings. The third kappa shape index (κ3) is 3.25. The number of rotatable bonds is 5. The van der Waals surface area contributed by atoms with Crippen LogP contribution in [0.4, 0.5) is 5.82 Å². The third-order valence-corrected chi connectivity index (χ3v) is 2.05. The van der Waals surface area contributed by atoms with Crippen LogP contribution in [0.15, 0.2) is 30.6 Å². The van der Waals surface area contributed by atoms with Crippen LogP contribution in [-0.4, -0.2) is 31.0 Å². The van der Waals surface area contributed by atoms with Crippen LogP contribution in [0, 0.1) is 0 Å². The first-order valence-corrected chi connectivity index (χ1v) is 5.23. The van der Waals surface area contributed by atoms with Crippen molar-refractivity contribution in [1.82, 2.24) is 25.4 Å². The number of aliphatic hydroxyl groups excluding tert-OH is 1. The van der Waals surface area contributed by atoms with E-state index < -0.39 is 0 Å². The second kappa shape index (κ2) is 5.73. The van der Waals surface area contributed by atoms with Crippen LogP contribution in [-0.2, 0) is 17.9 Å². The van der Waals surface area contributed by atoms with Crippen molar-refractivity contribution >= 4 is 11.7 Å². The summed E-state index contributed by atoms with van der Waals surface area (Å²) in [5.74, 6) is 0.246. The lowest BCUT2D eigenvalue weighted by Gasteiger charge is -2.06. The second-order valence-electron chi connectivity index (χ2n) is 3.45. The first-order valence-electron chi connectivity index (χ1n) is 5.23. The Labute approximate surface area is 103 Å². The smallest absolute Gasteiger partial charge is 0.260 e. The molecule has 2 heterocycles. The van der Waals surface area contributed by atoms with Crippen molar-refractivity contribution in [3.05, 3.63) is 36.3 Å². The van der Waals surface area contributed by atoms with Gasteiger partial charge in [0.05, 0.1) is 12.8 Å². The Morgan fingerprint density at radius 3 is 3.00 bits per heavy atom. The second-order valence-corrected chi connectivity index (χ2v) is 3.45. The molecule has 2 aromatic heterocycles. The molecular weight excluding hydrogens is 236 g/mol. The molecule has 2 rings (SSSR count). The van der Waals surface area contributed by atoms with Gasteiger partial charge < -0.3 is 5.11 Å². The summed E-state index contributed by atoms with van der Waals surface area (Å²) in [6.45, 7) is -0.194. The van der Waals surface area contributed by atoms with Crippen molar-refractivity contribution in [2.24, 2.45) is 0 Å². The van der Waals surface area contributed by atoms with Gasteiger partial charge in [0, 0.05) is 6.20 Å². The molecular formula is C10H12N6O2. The summed E-state index contributed by atoms with van der Waals surface area (Å²) in [5, 5.41) is 16.1. The standard InChI is InChI=1S/C10H12N6O2/c17-7-8-5-16(15-12-8)6-10(18)14-13-9-3-1-2-4-11-9/h1-5,17H,6-7H2,(H,11,13)(H,14,18). The first-order chi connectivity index (χ1) is 8.78. The maximum atomic E-state index is 11.5. The third-order valence-electron chi connectivity index (χ3n) is 2.05. The van der Waals surface area contributed by atoms with Crippen LogP contribution < -0.4 is 10.9 Å². The van der Waals surface area contributed by atoms with E-state index in [1.807, 2.05) is 0 Å². The maximum Gasteiger partial charge on any atom is 0.260 e. The molecule has 2 aromatic rings. The molecule has 0 aromatic carbocycles. The largest absolute Gasteiger partial charge is 0.390 e. The Balaban J connectivity index is 1.82. The van der Waals surface area contributed by atoms with Gasteiger partial charge in [-0.1, -0.05) is 11.3 Å². The van der Waals surface area contributed by atoms with E-state index in [9.17, 15) is 4.79 Å². The molecule has 1 amide bonds. The van der Waals surface area contributed by atoms with Crippen molar-refractivity contribution in [3.8, 4) is 0 Å². The summed E-state index contributed by atoms with van der Waals surface area (Å²) >= 11 is 0. The van der Waals surface area contributed by atoms with E-state index in [1.165, 1.54) is 10.9 Å². The predicted octanol–water partition coefficient (Wildman–Crippen LogP) is -0.691. The van der Waals surface area contributed by atoms with Crippen LogP contribution >= 0.6 is 0 Å². The molecule has 3 N–H and O–H groups in total. The Morgan fingerprint density at radius 1 is 1.44 bits per heavy atom. The van der Waals surface area contributed by atoms with Gasteiger partial charge >= 0.3 is 0 Å². The van der Waals surface area contributed by atoms with Gasteiger partial charge in [-0.05, 0) is 12.1 Å². The van der Waals surface area contributed by atoms with Gasteiger partial charge in [-0.25, -0.2) is 9.67 Å². The Morgan fingerprint density at radius 2 is 2.33 bits per heavy atom. The molecule has 0 unspecified atom stereocenters. The lowest BCUT2D eigenvalue weighted by atomic mass is 10.5. The lowest BCUT2D eigenvalue weighted by molar-refractivity contribution is -0.121. The van der Waals surface area contributed by atoms with Crippen LogP contribution in [0.5, 0.6) is 0 Å². The van der Waals surface area contributed by atoms with Gasteiger partial charge in [-0.2, -0.15) is 0 Å². The number of carbonyl (C=O) groups excluding carboxylic acids is 1. The van der Waals surface area contributed by atoms with E-state index in [1.54, 1.807) is 24.4 Å². The number of pyridine rings is 1. The van der Waals surface area contributed by atoms with E-state index in [-0.39, 0.29) is 19.1 Å². The summed E-state index contributed by atoms with van der Waals surface area (Å²) in [7, 11) is 0. The van der Waals surface area contributed by atoms with E-state index in [2.05, 4.69) is 26.1 Å². The molecule has 0 radical (unpaired) electrons. The molecule has 0 aliphatic carbocycles. The molecule has 0 bridgehead atoms. The minimum Gasteiger partial charge on any atom is -0.390 e. The zero-order valence-electron chi connectivity index (χ0n) is 9.45. The molecule has 8 nitrogen and oxygen atoms in total. The van der Waals surface area contributed by atoms with Crippen LogP contribution in [0.25, 0.3) is 0 Å². The number of nitrogens with one attached hydrogen (secondary N) is 2. The molecule has 94 valence electrons. The SMILES string of the molecule is O=C(Cn1cc(CO)nn1)NNc1ccccn1. The zero-order chi connectivity index (χ0) is 12.8. The Bertz CT molecular complexity index is 512. The molecule has 18 heavy (non-hydrogen) atoms. The van der Waals surface area contributed by atoms with Crippen molar-refractivity contribution in [1.29, 1.82) is 0 Å². The maximum absolute atomic E-state index is 11.5. The van der Waals surface area contributed by atoms with Gasteiger partial charge in [0.2, 0.25) is 0 Å². The summed E-state index contributed by atoms with van der Waals surface area (Å²) in [6, 6.07) is 5.30. The normalized spacial score (nSPS) is 10.1. The average molecular weight is 248 g/mol. The number of amides is 1. The minimum absolute atomic E-state index is 0.00678. The van der Waals surface area contributed by atoms with E-state index >= 15 is 0 Å². The summed E-state index contributed by atoms with van der Waals surface area (Å²) in [5.41, 5.74) is 5.55. The van der Waals surface area contributed by atoms with Gasteiger partial charge in [-0.15, -0.1) is 5.10 Å². The fourth-order valence-electron chi connectivity index (χ4n) is 1.25. The van der Waals surface area contributed by atoms with Gasteiger partial charge in [0.1, 0.15) is 18.1 Å². The Kier molecular flexibility index (Phi) is 3.82. The molecule has 8 heteroatoms. The van der Waals surface area contributed by atoms with Crippen molar-refractivity contribution in [3.63, 3.8) is 0 Å². The average Bonchev–Trinajstić information content (AvgIpc) is 2.85. The molecule has 0 aliphatic heterocycles. The molecule has 0 spiro atoms. The van der Waals surface area contributed by atoms with E-state index in [4.69, 9.17) is 5.11 Å². The van der Waals surface area contributed by atoms with Gasteiger partial charge in [0.25, 0.3) is 5.91 Å². The topological polar surface area (TPSA) is 105 Å². The van der Waals surface area contributed by atoms with Crippen molar-refractivity contribution < 1.29 is 9.90 Å². The molecule has 0 atom stereocenters. The van der Waals surface area contributed by atoms with Crippen molar-refractivity contribution in [2.45, 2.75) is 13.2 Å². The van der Waals surface area contributed by atoms with Crippen LogP contribution in [0.3, 0.4) is 0 Å². The highest BCUT2D eigenvalue weighted by molar-refractivity contribution is 5.76. The summed E-state index contributed by atoms with van der Waals surface area (Å²) in [6.07, 6.45) is 3.11.